The van der Waals surface area contributed by atoms with E-state index in [4.69, 9.17) is 5.11 Å². The molecule has 2 rings (SSSR count). The van der Waals surface area contributed by atoms with E-state index in [1.54, 1.807) is 0 Å². The zero-order valence-corrected chi connectivity index (χ0v) is 8.60. The van der Waals surface area contributed by atoms with Gasteiger partial charge in [0.1, 0.15) is 18.2 Å². The molecule has 0 aliphatic heterocycles. The zero-order valence-electron chi connectivity index (χ0n) is 8.60. The molecule has 17 heavy (non-hydrogen) atoms. The van der Waals surface area contributed by atoms with Gasteiger partial charge in [-0.05, 0) is 12.1 Å². The van der Waals surface area contributed by atoms with E-state index in [0.29, 0.717) is 5.56 Å². The van der Waals surface area contributed by atoms with E-state index < -0.39 is 17.6 Å². The first-order chi connectivity index (χ1) is 8.06. The highest BCUT2D eigenvalue weighted by Gasteiger charge is 2.09. The van der Waals surface area contributed by atoms with Gasteiger partial charge in [-0.25, -0.2) is 8.78 Å². The number of halogens is 2. The summed E-state index contributed by atoms with van der Waals surface area (Å²) in [5, 5.41) is 12.3. The van der Waals surface area contributed by atoms with Gasteiger partial charge in [0, 0.05) is 23.4 Å². The molecule has 2 aromatic rings. The molecular formula is C11H8F2N2O2. The first kappa shape index (κ1) is 11.3. The van der Waals surface area contributed by atoms with Crippen LogP contribution in [0, 0.1) is 11.6 Å². The van der Waals surface area contributed by atoms with Gasteiger partial charge in [0.15, 0.2) is 0 Å². The lowest BCUT2D eigenvalue weighted by Gasteiger charge is -1.99. The summed E-state index contributed by atoms with van der Waals surface area (Å²) in [7, 11) is 0. The molecule has 1 aromatic heterocycles. The number of nitrogens with zero attached hydrogens (tertiary/aromatic N) is 2. The lowest BCUT2D eigenvalue weighted by atomic mass is 10.1. The largest absolute Gasteiger partial charge is 0.480 e. The summed E-state index contributed by atoms with van der Waals surface area (Å²) in [5.74, 6) is -2.41. The Hall–Kier alpha value is -2.24. The number of aliphatic carboxylic acids is 1. The highest BCUT2D eigenvalue weighted by Crippen LogP contribution is 2.22. The van der Waals surface area contributed by atoms with Gasteiger partial charge < -0.3 is 5.11 Å². The predicted molar refractivity (Wildman–Crippen MR) is 55.2 cm³/mol. The second kappa shape index (κ2) is 4.32. The van der Waals surface area contributed by atoms with Crippen LogP contribution < -0.4 is 0 Å². The van der Waals surface area contributed by atoms with Gasteiger partial charge in [0.05, 0.1) is 6.20 Å². The van der Waals surface area contributed by atoms with E-state index in [0.717, 1.165) is 12.1 Å². The van der Waals surface area contributed by atoms with Crippen LogP contribution in [0.2, 0.25) is 0 Å². The van der Waals surface area contributed by atoms with Gasteiger partial charge in [-0.1, -0.05) is 0 Å². The number of aromatic nitrogens is 2. The summed E-state index contributed by atoms with van der Waals surface area (Å²) < 4.78 is 27.3. The molecule has 0 fully saturated rings. The third-order valence-corrected chi connectivity index (χ3v) is 2.17. The summed E-state index contributed by atoms with van der Waals surface area (Å²) in [6.45, 7) is -0.303. The standard InChI is InChI=1S/C11H8F2N2O2/c12-8-1-2-9(10(13)3-8)7-4-14-15(5-7)6-11(16)17/h1-5H,6H2,(H,16,17). The Balaban J connectivity index is 2.33. The van der Waals surface area contributed by atoms with Crippen molar-refractivity contribution in [1.29, 1.82) is 0 Å². The second-order valence-electron chi connectivity index (χ2n) is 3.44. The number of hydrogen-bond acceptors (Lipinski definition) is 2. The minimum Gasteiger partial charge on any atom is -0.480 e. The highest BCUT2D eigenvalue weighted by molar-refractivity contribution is 5.67. The van der Waals surface area contributed by atoms with Gasteiger partial charge in [0.25, 0.3) is 0 Å². The molecule has 0 atom stereocenters. The monoisotopic (exact) mass is 238 g/mol. The summed E-state index contributed by atoms with van der Waals surface area (Å²) >= 11 is 0. The van der Waals surface area contributed by atoms with Crippen molar-refractivity contribution in [2.45, 2.75) is 6.54 Å². The van der Waals surface area contributed by atoms with E-state index in [2.05, 4.69) is 5.10 Å². The van der Waals surface area contributed by atoms with Crippen molar-refractivity contribution in [3.63, 3.8) is 0 Å². The van der Waals surface area contributed by atoms with Crippen molar-refractivity contribution in [2.75, 3.05) is 0 Å². The fraction of sp³-hybridized carbons (Fsp3) is 0.0909. The van der Waals surface area contributed by atoms with Crippen molar-refractivity contribution < 1.29 is 18.7 Å². The molecule has 0 spiro atoms. The summed E-state index contributed by atoms with van der Waals surface area (Å²) in [5.41, 5.74) is 0.590. The molecule has 1 aromatic carbocycles. The first-order valence-corrected chi connectivity index (χ1v) is 4.76. The lowest BCUT2D eigenvalue weighted by molar-refractivity contribution is -0.137. The van der Waals surface area contributed by atoms with Crippen molar-refractivity contribution in [2.24, 2.45) is 0 Å². The van der Waals surface area contributed by atoms with Crippen LogP contribution >= 0.6 is 0 Å². The maximum Gasteiger partial charge on any atom is 0.325 e. The van der Waals surface area contributed by atoms with Crippen LogP contribution in [0.1, 0.15) is 0 Å². The Morgan fingerprint density at radius 1 is 1.41 bits per heavy atom. The smallest absolute Gasteiger partial charge is 0.325 e. The molecule has 1 N–H and O–H groups in total. The topological polar surface area (TPSA) is 55.1 Å². The molecule has 0 amide bonds. The van der Waals surface area contributed by atoms with E-state index in [1.165, 1.54) is 23.1 Å². The number of carbonyl (C=O) groups is 1. The fourth-order valence-electron chi connectivity index (χ4n) is 1.45. The maximum atomic E-state index is 13.4. The summed E-state index contributed by atoms with van der Waals surface area (Å²) in [6, 6.07) is 3.18. The Morgan fingerprint density at radius 3 is 2.82 bits per heavy atom. The summed E-state index contributed by atoms with van der Waals surface area (Å²) in [4.78, 5) is 10.4. The third kappa shape index (κ3) is 2.47. The molecular weight excluding hydrogens is 230 g/mol. The highest BCUT2D eigenvalue weighted by atomic mass is 19.1. The van der Waals surface area contributed by atoms with Crippen molar-refractivity contribution in [1.82, 2.24) is 9.78 Å². The zero-order chi connectivity index (χ0) is 12.4. The van der Waals surface area contributed by atoms with Crippen molar-refractivity contribution in [3.8, 4) is 11.1 Å². The average Bonchev–Trinajstić information content (AvgIpc) is 2.65. The quantitative estimate of drug-likeness (QED) is 0.888. The maximum absolute atomic E-state index is 13.4. The Labute approximate surface area is 95.1 Å². The van der Waals surface area contributed by atoms with Crippen LogP contribution in [0.15, 0.2) is 30.6 Å². The molecule has 1 heterocycles. The van der Waals surface area contributed by atoms with Crippen LogP contribution in [0.3, 0.4) is 0 Å². The van der Waals surface area contributed by atoms with E-state index in [1.807, 2.05) is 0 Å². The molecule has 0 radical (unpaired) electrons. The van der Waals surface area contributed by atoms with Crippen molar-refractivity contribution in [3.05, 3.63) is 42.2 Å². The number of benzene rings is 1. The minimum atomic E-state index is -1.04. The molecule has 0 saturated heterocycles. The first-order valence-electron chi connectivity index (χ1n) is 4.76. The van der Waals surface area contributed by atoms with E-state index >= 15 is 0 Å². The third-order valence-electron chi connectivity index (χ3n) is 2.17. The number of carboxylic acid groups (broad SMARTS) is 1. The number of hydrogen-bond donors (Lipinski definition) is 1. The van der Waals surface area contributed by atoms with Crippen LogP contribution in [0.5, 0.6) is 0 Å². The van der Waals surface area contributed by atoms with E-state index in [-0.39, 0.29) is 12.1 Å². The number of carboxylic acids is 1. The molecule has 0 unspecified atom stereocenters. The predicted octanol–water partition coefficient (Wildman–Crippen LogP) is 1.91. The molecule has 88 valence electrons. The Kier molecular flexibility index (Phi) is 2.86. The average molecular weight is 238 g/mol. The molecule has 6 heteroatoms. The van der Waals surface area contributed by atoms with Gasteiger partial charge in [-0.3, -0.25) is 9.48 Å². The van der Waals surface area contributed by atoms with Crippen LogP contribution in [-0.4, -0.2) is 20.9 Å². The van der Waals surface area contributed by atoms with Gasteiger partial charge >= 0.3 is 5.97 Å². The fourth-order valence-corrected chi connectivity index (χ4v) is 1.45. The molecule has 0 bridgehead atoms. The molecule has 0 aliphatic carbocycles. The molecule has 0 aliphatic rings. The van der Waals surface area contributed by atoms with Gasteiger partial charge in [-0.15, -0.1) is 0 Å². The van der Waals surface area contributed by atoms with Crippen molar-refractivity contribution >= 4 is 5.97 Å². The lowest BCUT2D eigenvalue weighted by Crippen LogP contribution is -2.08. The molecule has 0 saturated carbocycles. The normalized spacial score (nSPS) is 10.5. The minimum absolute atomic E-state index is 0.183. The SMILES string of the molecule is O=C(O)Cn1cc(-c2ccc(F)cc2F)cn1. The van der Waals surface area contributed by atoms with Gasteiger partial charge in [-0.2, -0.15) is 5.10 Å². The molecule has 4 nitrogen and oxygen atoms in total. The van der Waals surface area contributed by atoms with Crippen LogP contribution in [0.25, 0.3) is 11.1 Å². The van der Waals surface area contributed by atoms with Crippen LogP contribution in [0.4, 0.5) is 8.78 Å². The number of rotatable bonds is 3. The second-order valence-corrected chi connectivity index (χ2v) is 3.44. The Morgan fingerprint density at radius 2 is 2.18 bits per heavy atom. The van der Waals surface area contributed by atoms with Gasteiger partial charge in [0.2, 0.25) is 0 Å². The van der Waals surface area contributed by atoms with Crippen LogP contribution in [-0.2, 0) is 11.3 Å². The Bertz CT molecular complexity index is 566. The summed E-state index contributed by atoms with van der Waals surface area (Å²) in [6.07, 6.45) is 2.73. The van der Waals surface area contributed by atoms with E-state index in [9.17, 15) is 13.6 Å².